The molecule has 0 radical (unpaired) electrons. The molecule has 5 aromatic carbocycles. The molecule has 22 heteroatoms. The lowest BCUT2D eigenvalue weighted by Crippen LogP contribution is -2.47. The molecule has 0 saturated carbocycles. The minimum Gasteiger partial charge on any atom is -0.396 e. The summed E-state index contributed by atoms with van der Waals surface area (Å²) in [6.45, 7) is 33.8. The number of nitrogen functional groups attached to an aromatic ring is 2. The third-order valence-corrected chi connectivity index (χ3v) is 17.4. The van der Waals surface area contributed by atoms with Crippen molar-refractivity contribution < 1.29 is 9.47 Å². The summed E-state index contributed by atoms with van der Waals surface area (Å²) in [7, 11) is 3.44. The molecular formula is C72H90N20O2. The fourth-order valence-corrected chi connectivity index (χ4v) is 11.9. The molecular weight excluding hydrogens is 1180 g/mol. The molecule has 0 amide bonds. The Hall–Kier alpha value is -9.92. The molecule has 5 aliphatic heterocycles. The van der Waals surface area contributed by atoms with Crippen molar-refractivity contribution in [1.82, 2.24) is 24.5 Å². The summed E-state index contributed by atoms with van der Waals surface area (Å²) in [5, 5.41) is 72.9. The van der Waals surface area contributed by atoms with E-state index in [0.717, 1.165) is 205 Å². The topological polar surface area (TPSA) is 293 Å². The van der Waals surface area contributed by atoms with Crippen LogP contribution in [0.25, 0.3) is 0 Å². The van der Waals surface area contributed by atoms with Crippen molar-refractivity contribution in [2.45, 2.75) is 20.3 Å². The quantitative estimate of drug-likeness (QED) is 0.0736. The van der Waals surface area contributed by atoms with Gasteiger partial charge in [-0.2, -0.15) is 42.1 Å². The van der Waals surface area contributed by atoms with Crippen LogP contribution in [0.5, 0.6) is 0 Å². The summed E-state index contributed by atoms with van der Waals surface area (Å²) >= 11 is 0. The number of benzene rings is 5. The average Bonchev–Trinajstić information content (AvgIpc) is 1.11. The van der Waals surface area contributed by atoms with Crippen LogP contribution in [0, 0.1) is 90.6 Å². The van der Waals surface area contributed by atoms with E-state index in [2.05, 4.69) is 118 Å². The van der Waals surface area contributed by atoms with Crippen LogP contribution in [-0.2, 0) is 9.47 Å². The number of hydrogen-bond acceptors (Lipinski definition) is 22. The van der Waals surface area contributed by atoms with Gasteiger partial charge in [-0.1, -0.05) is 50.3 Å². The largest absolute Gasteiger partial charge is 0.396 e. The Bertz CT molecular complexity index is 3570. The predicted molar refractivity (Wildman–Crippen MR) is 372 cm³/mol. The van der Waals surface area contributed by atoms with Gasteiger partial charge in [0.2, 0.25) is 0 Å². The van der Waals surface area contributed by atoms with E-state index in [4.69, 9.17) is 47.3 Å². The molecule has 94 heavy (non-hydrogen) atoms. The highest BCUT2D eigenvalue weighted by molar-refractivity contribution is 5.75. The van der Waals surface area contributed by atoms with Crippen LogP contribution in [0.15, 0.2) is 104 Å². The van der Waals surface area contributed by atoms with Crippen LogP contribution < -0.4 is 36.0 Å². The second-order valence-electron chi connectivity index (χ2n) is 22.9. The van der Waals surface area contributed by atoms with Crippen molar-refractivity contribution in [1.29, 1.82) is 42.1 Å². The normalized spacial score (nSPS) is 16.0. The number of hydrogen-bond donors (Lipinski definition) is 2. The van der Waals surface area contributed by atoms with Crippen LogP contribution in [0.1, 0.15) is 64.8 Å². The second-order valence-corrected chi connectivity index (χ2v) is 22.9. The third kappa shape index (κ3) is 20.5. The number of ether oxygens (including phenoxy) is 2. The summed E-state index contributed by atoms with van der Waals surface area (Å²) in [6, 6.07) is 44.7. The van der Waals surface area contributed by atoms with Crippen molar-refractivity contribution in [2.24, 2.45) is 0 Å². The van der Waals surface area contributed by atoms with Crippen molar-refractivity contribution in [3.63, 3.8) is 0 Å². The molecule has 22 nitrogen and oxygen atoms in total. The fourth-order valence-electron chi connectivity index (χ4n) is 11.9. The standard InChI is InChI=1S/C15H18N4O.C15H18N4.C14H20N4O.C14H16N4.C14H18N4/c1-20-10-9-18-5-7-19(8-6-18)15-4-2-3-13(11-16)14(15)12-17;1-2-6-18-7-9-19(10-8-18)15-5-3-4-13(11-16)14(15)12-17;1-19-10-9-17-5-7-18(8-6-17)13-4-2-3-12(11-15)14(13)16;1-2-17-6-8-18(9-7-17)14-5-3-4-12(10-15)13(14)11-16;1-2-6-17-7-9-18(10-8-17)13-5-3-4-12(11-15)14(13)16/h2-4H,5-10H2,1H3;3-5H,2,6-10H2,1H3;2-4H,5-10,16H2,1H3;3-5H,2,6-9H2,1H3;2-5H,1,6-10,16H2. The highest BCUT2D eigenvalue weighted by Gasteiger charge is 2.25. The van der Waals surface area contributed by atoms with Gasteiger partial charge in [-0.25, -0.2) is 0 Å². The predicted octanol–water partition coefficient (Wildman–Crippen LogP) is 7.09. The third-order valence-electron chi connectivity index (χ3n) is 17.4. The van der Waals surface area contributed by atoms with Gasteiger partial charge in [0.1, 0.15) is 48.6 Å². The minimum atomic E-state index is 0.451. The van der Waals surface area contributed by atoms with E-state index in [0.29, 0.717) is 55.9 Å². The van der Waals surface area contributed by atoms with Crippen molar-refractivity contribution in [3.05, 3.63) is 148 Å². The van der Waals surface area contributed by atoms with Crippen molar-refractivity contribution >= 4 is 39.8 Å². The number of rotatable bonds is 16. The molecule has 5 heterocycles. The molecule has 5 aliphatic rings. The van der Waals surface area contributed by atoms with E-state index in [1.165, 1.54) is 6.42 Å². The fraction of sp³-hybridized carbons (Fsp3) is 0.444. The smallest absolute Gasteiger partial charge is 0.103 e. The van der Waals surface area contributed by atoms with Crippen LogP contribution in [0.2, 0.25) is 0 Å². The maximum Gasteiger partial charge on any atom is 0.103 e. The number of anilines is 7. The van der Waals surface area contributed by atoms with Gasteiger partial charge >= 0.3 is 0 Å². The van der Waals surface area contributed by atoms with Gasteiger partial charge in [-0.3, -0.25) is 19.6 Å². The molecule has 0 unspecified atom stereocenters. The lowest BCUT2D eigenvalue weighted by atomic mass is 10.1. The molecule has 5 fully saturated rings. The average molecular weight is 1270 g/mol. The molecule has 0 spiro atoms. The lowest BCUT2D eigenvalue weighted by Gasteiger charge is -2.36. The highest BCUT2D eigenvalue weighted by atomic mass is 16.5. The number of piperazine rings is 5. The van der Waals surface area contributed by atoms with Gasteiger partial charge in [-0.15, -0.1) is 6.58 Å². The summed E-state index contributed by atoms with van der Waals surface area (Å²) in [4.78, 5) is 23.0. The highest BCUT2D eigenvalue weighted by Crippen LogP contribution is 2.30. The van der Waals surface area contributed by atoms with E-state index in [9.17, 15) is 15.8 Å². The van der Waals surface area contributed by atoms with Gasteiger partial charge in [0, 0.05) is 165 Å². The van der Waals surface area contributed by atoms with Gasteiger partial charge in [0.15, 0.2) is 0 Å². The molecule has 4 N–H and O–H groups in total. The minimum absolute atomic E-state index is 0.451. The Kier molecular flexibility index (Phi) is 30.7. The Morgan fingerprint density at radius 3 is 0.894 bits per heavy atom. The molecule has 0 atom stereocenters. The number of nitrogens with two attached hydrogens (primary N) is 2. The Balaban J connectivity index is 0.000000186. The summed E-state index contributed by atoms with van der Waals surface area (Å²) in [6.07, 6.45) is 3.10. The Morgan fingerprint density at radius 1 is 0.362 bits per heavy atom. The molecule has 490 valence electrons. The molecule has 10 rings (SSSR count). The van der Waals surface area contributed by atoms with Crippen molar-refractivity contribution in [2.75, 3.05) is 227 Å². The number of para-hydroxylation sites is 2. The molecule has 0 bridgehead atoms. The van der Waals surface area contributed by atoms with Crippen LogP contribution >= 0.6 is 0 Å². The first-order valence-electron chi connectivity index (χ1n) is 32.2. The molecule has 5 saturated heterocycles. The van der Waals surface area contributed by atoms with E-state index in [1.54, 1.807) is 44.6 Å². The van der Waals surface area contributed by atoms with E-state index in [1.807, 2.05) is 66.7 Å². The molecule has 5 aromatic rings. The van der Waals surface area contributed by atoms with E-state index >= 15 is 0 Å². The van der Waals surface area contributed by atoms with Gasteiger partial charge in [0.05, 0.1) is 97.5 Å². The maximum absolute atomic E-state index is 9.27. The van der Waals surface area contributed by atoms with E-state index < -0.39 is 0 Å². The summed E-state index contributed by atoms with van der Waals surface area (Å²) < 4.78 is 10.2. The lowest BCUT2D eigenvalue weighted by molar-refractivity contribution is 0.144. The zero-order valence-electron chi connectivity index (χ0n) is 55.3. The second kappa shape index (κ2) is 39.5. The van der Waals surface area contributed by atoms with Gasteiger partial charge < -0.3 is 50.3 Å². The van der Waals surface area contributed by atoms with Gasteiger partial charge in [-0.05, 0) is 80.2 Å². The first kappa shape index (κ1) is 73.1. The molecule has 0 aliphatic carbocycles. The number of methoxy groups -OCH3 is 2. The number of nitriles is 8. The van der Waals surface area contributed by atoms with Crippen molar-refractivity contribution in [3.8, 4) is 48.6 Å². The maximum atomic E-state index is 9.27. The van der Waals surface area contributed by atoms with Gasteiger partial charge in [0.25, 0.3) is 0 Å². The summed E-state index contributed by atoms with van der Waals surface area (Å²) in [5.41, 5.74) is 21.9. The van der Waals surface area contributed by atoms with Crippen LogP contribution in [0.3, 0.4) is 0 Å². The monoisotopic (exact) mass is 1270 g/mol. The first-order chi connectivity index (χ1) is 45.9. The van der Waals surface area contributed by atoms with E-state index in [-0.39, 0.29) is 0 Å². The Labute approximate surface area is 557 Å². The number of nitrogens with zero attached hydrogens (tertiary/aromatic N) is 18. The first-order valence-corrected chi connectivity index (χ1v) is 32.2. The Morgan fingerprint density at radius 2 is 0.628 bits per heavy atom. The SMILES string of the molecule is C=CCN1CCN(c2cccc(C#N)c2N)CC1.CCCN1CCN(c2cccc(C#N)c2C#N)CC1.CCN1CCN(c2cccc(C#N)c2C#N)CC1.COCCN1CCN(c2cccc(C#N)c2C#N)CC1.COCCN1CCN(c2cccc(C#N)c2N)CC1. The molecule has 0 aromatic heterocycles. The van der Waals surface area contributed by atoms with Crippen LogP contribution in [0.4, 0.5) is 39.8 Å². The van der Waals surface area contributed by atoms with Crippen LogP contribution in [-0.4, -0.2) is 216 Å². The zero-order chi connectivity index (χ0) is 67.6. The zero-order valence-corrected chi connectivity index (χ0v) is 55.3. The number of likely N-dealkylation sites (N-methyl/N-ethyl adjacent to an activating group) is 1. The summed E-state index contributed by atoms with van der Waals surface area (Å²) in [5.74, 6) is 0.